The summed E-state index contributed by atoms with van der Waals surface area (Å²) < 4.78 is 1.05. The van der Waals surface area contributed by atoms with Gasteiger partial charge in [-0.05, 0) is 24.5 Å². The molecule has 0 spiro atoms. The van der Waals surface area contributed by atoms with Crippen LogP contribution in [-0.2, 0) is 5.54 Å². The largest absolute Gasteiger partial charge is 0.319 e. The molecular weight excluding hydrogens is 302 g/mol. The van der Waals surface area contributed by atoms with Crippen molar-refractivity contribution in [1.82, 2.24) is 9.97 Å². The predicted octanol–water partition coefficient (Wildman–Crippen LogP) is 3.63. The molecule has 1 saturated carbocycles. The molecule has 3 rings (SSSR count). The van der Waals surface area contributed by atoms with Crippen molar-refractivity contribution in [2.75, 3.05) is 0 Å². The van der Waals surface area contributed by atoms with Crippen molar-refractivity contribution in [3.8, 4) is 11.1 Å². The van der Waals surface area contributed by atoms with Crippen molar-refractivity contribution >= 4 is 15.9 Å². The second-order valence-electron chi connectivity index (χ2n) is 5.14. The fourth-order valence-electron chi connectivity index (χ4n) is 2.65. The summed E-state index contributed by atoms with van der Waals surface area (Å²) in [4.78, 5) is 8.99. The molecule has 0 atom stereocenters. The molecule has 0 bridgehead atoms. The van der Waals surface area contributed by atoms with Gasteiger partial charge in [-0.2, -0.15) is 0 Å². The van der Waals surface area contributed by atoms with E-state index in [-0.39, 0.29) is 5.54 Å². The molecule has 3 nitrogen and oxygen atoms in total. The molecule has 19 heavy (non-hydrogen) atoms. The van der Waals surface area contributed by atoms with Crippen LogP contribution in [0.2, 0.25) is 0 Å². The molecule has 2 N–H and O–H groups in total. The second-order valence-corrected chi connectivity index (χ2v) is 5.99. The zero-order valence-electron chi connectivity index (χ0n) is 10.6. The van der Waals surface area contributed by atoms with Gasteiger partial charge in [0.25, 0.3) is 0 Å². The van der Waals surface area contributed by atoms with E-state index < -0.39 is 0 Å². The first-order chi connectivity index (χ1) is 9.19. The van der Waals surface area contributed by atoms with Crippen molar-refractivity contribution < 1.29 is 0 Å². The third-order valence-corrected chi connectivity index (χ3v) is 4.47. The molecule has 0 radical (unpaired) electrons. The highest BCUT2D eigenvalue weighted by Crippen LogP contribution is 2.35. The van der Waals surface area contributed by atoms with Crippen LogP contribution in [0, 0.1) is 0 Å². The fourth-order valence-corrected chi connectivity index (χ4v) is 3.16. The van der Waals surface area contributed by atoms with E-state index in [1.807, 2.05) is 30.6 Å². The zero-order valence-corrected chi connectivity index (χ0v) is 12.2. The van der Waals surface area contributed by atoms with Gasteiger partial charge in [0.2, 0.25) is 0 Å². The molecule has 1 aliphatic carbocycles. The Balaban J connectivity index is 1.93. The first-order valence-corrected chi connectivity index (χ1v) is 7.35. The summed E-state index contributed by atoms with van der Waals surface area (Å²) in [7, 11) is 0. The monoisotopic (exact) mass is 317 g/mol. The quantitative estimate of drug-likeness (QED) is 0.920. The van der Waals surface area contributed by atoms with Gasteiger partial charge in [-0.15, -0.1) is 0 Å². The van der Waals surface area contributed by atoms with Crippen molar-refractivity contribution in [2.24, 2.45) is 5.73 Å². The molecule has 2 aromatic rings. The van der Waals surface area contributed by atoms with E-state index in [1.54, 1.807) is 0 Å². The van der Waals surface area contributed by atoms with Crippen molar-refractivity contribution in [3.05, 3.63) is 47.0 Å². The van der Waals surface area contributed by atoms with E-state index in [9.17, 15) is 0 Å². The van der Waals surface area contributed by atoms with Crippen LogP contribution in [0.1, 0.15) is 31.5 Å². The highest BCUT2D eigenvalue weighted by Gasteiger charge is 2.33. The Morgan fingerprint density at radius 3 is 2.32 bits per heavy atom. The minimum Gasteiger partial charge on any atom is -0.319 e. The van der Waals surface area contributed by atoms with E-state index in [0.29, 0.717) is 0 Å². The maximum absolute atomic E-state index is 6.36. The predicted molar refractivity (Wildman–Crippen MR) is 79.5 cm³/mol. The number of nitrogens with two attached hydrogens (primary N) is 1. The van der Waals surface area contributed by atoms with Crippen LogP contribution in [0.3, 0.4) is 0 Å². The Kier molecular flexibility index (Phi) is 3.37. The number of aromatic nitrogens is 2. The Labute approximate surface area is 121 Å². The third-order valence-electron chi connectivity index (χ3n) is 3.78. The number of rotatable bonds is 2. The van der Waals surface area contributed by atoms with Gasteiger partial charge in [0.1, 0.15) is 5.82 Å². The topological polar surface area (TPSA) is 51.8 Å². The molecule has 1 aromatic heterocycles. The Bertz CT molecular complexity index is 574. The minimum atomic E-state index is -0.313. The van der Waals surface area contributed by atoms with Crippen LogP contribution >= 0.6 is 15.9 Å². The lowest BCUT2D eigenvalue weighted by molar-refractivity contribution is 0.431. The average molecular weight is 318 g/mol. The molecule has 1 heterocycles. The second kappa shape index (κ2) is 5.02. The molecule has 1 aliphatic rings. The van der Waals surface area contributed by atoms with Gasteiger partial charge in [0, 0.05) is 22.4 Å². The van der Waals surface area contributed by atoms with Crippen molar-refractivity contribution in [2.45, 2.75) is 31.2 Å². The van der Waals surface area contributed by atoms with E-state index in [0.717, 1.165) is 34.3 Å². The molecular formula is C15H16BrN3. The first-order valence-electron chi connectivity index (χ1n) is 6.55. The summed E-state index contributed by atoms with van der Waals surface area (Å²) >= 11 is 3.55. The summed E-state index contributed by atoms with van der Waals surface area (Å²) in [6.07, 6.45) is 8.06. The molecule has 1 aromatic carbocycles. The first kappa shape index (κ1) is 12.8. The number of nitrogens with zero attached hydrogens (tertiary/aromatic N) is 2. The molecule has 0 amide bonds. The highest BCUT2D eigenvalue weighted by molar-refractivity contribution is 9.10. The molecule has 1 fully saturated rings. The minimum absolute atomic E-state index is 0.313. The maximum Gasteiger partial charge on any atom is 0.148 e. The molecule has 0 saturated heterocycles. The molecule has 98 valence electrons. The Morgan fingerprint density at radius 1 is 1.05 bits per heavy atom. The van der Waals surface area contributed by atoms with Gasteiger partial charge < -0.3 is 5.73 Å². The lowest BCUT2D eigenvalue weighted by Crippen LogP contribution is -2.35. The van der Waals surface area contributed by atoms with Gasteiger partial charge in [0.05, 0.1) is 5.54 Å². The Morgan fingerprint density at radius 2 is 1.68 bits per heavy atom. The summed E-state index contributed by atoms with van der Waals surface area (Å²) in [5.74, 6) is 0.779. The fraction of sp³-hybridized carbons (Fsp3) is 0.333. The van der Waals surface area contributed by atoms with Crippen molar-refractivity contribution in [1.29, 1.82) is 0 Å². The third kappa shape index (κ3) is 2.42. The van der Waals surface area contributed by atoms with Gasteiger partial charge in [-0.3, -0.25) is 0 Å². The van der Waals surface area contributed by atoms with Gasteiger partial charge >= 0.3 is 0 Å². The number of hydrogen-bond donors (Lipinski definition) is 1. The molecule has 4 heteroatoms. The Hall–Kier alpha value is -1.26. The van der Waals surface area contributed by atoms with Gasteiger partial charge in [-0.1, -0.05) is 47.0 Å². The lowest BCUT2D eigenvalue weighted by Gasteiger charge is -2.21. The lowest BCUT2D eigenvalue weighted by atomic mass is 9.98. The molecule has 0 aliphatic heterocycles. The number of benzene rings is 1. The van der Waals surface area contributed by atoms with Crippen LogP contribution in [0.15, 0.2) is 41.1 Å². The summed E-state index contributed by atoms with van der Waals surface area (Å²) in [5.41, 5.74) is 8.17. The number of hydrogen-bond acceptors (Lipinski definition) is 3. The smallest absolute Gasteiger partial charge is 0.148 e. The van der Waals surface area contributed by atoms with E-state index in [2.05, 4.69) is 32.0 Å². The van der Waals surface area contributed by atoms with Crippen LogP contribution in [0.5, 0.6) is 0 Å². The van der Waals surface area contributed by atoms with E-state index in [4.69, 9.17) is 5.73 Å². The van der Waals surface area contributed by atoms with E-state index >= 15 is 0 Å². The van der Waals surface area contributed by atoms with Crippen molar-refractivity contribution in [3.63, 3.8) is 0 Å². The maximum atomic E-state index is 6.36. The normalized spacial score (nSPS) is 17.6. The number of halogens is 1. The summed E-state index contributed by atoms with van der Waals surface area (Å²) in [6, 6.07) is 8.08. The average Bonchev–Trinajstić information content (AvgIpc) is 2.88. The van der Waals surface area contributed by atoms with Crippen LogP contribution < -0.4 is 5.73 Å². The summed E-state index contributed by atoms with van der Waals surface area (Å²) in [5, 5.41) is 0. The van der Waals surface area contributed by atoms with Crippen LogP contribution in [0.4, 0.5) is 0 Å². The SMILES string of the molecule is NC1(c2ncc(-c3ccccc3Br)cn2)CCCC1. The van der Waals surface area contributed by atoms with Crippen LogP contribution in [0.25, 0.3) is 11.1 Å². The standard InChI is InChI=1S/C15H16BrN3/c16-13-6-2-1-5-12(13)11-9-18-14(19-10-11)15(17)7-3-4-8-15/h1-2,5-6,9-10H,3-4,7-8,17H2. The zero-order chi connectivity index (χ0) is 13.3. The van der Waals surface area contributed by atoms with Gasteiger partial charge in [-0.25, -0.2) is 9.97 Å². The highest BCUT2D eigenvalue weighted by atomic mass is 79.9. The molecule has 0 unspecified atom stereocenters. The van der Waals surface area contributed by atoms with Gasteiger partial charge in [0.15, 0.2) is 0 Å². The van der Waals surface area contributed by atoms with Crippen LogP contribution in [-0.4, -0.2) is 9.97 Å². The van der Waals surface area contributed by atoms with E-state index in [1.165, 1.54) is 12.8 Å². The summed E-state index contributed by atoms with van der Waals surface area (Å²) in [6.45, 7) is 0.